The predicted octanol–water partition coefficient (Wildman–Crippen LogP) is 4.86. The highest BCUT2D eigenvalue weighted by molar-refractivity contribution is 6.44. The van der Waals surface area contributed by atoms with E-state index in [1.54, 1.807) is 0 Å². The van der Waals surface area contributed by atoms with Crippen LogP contribution in [0, 0.1) is 0 Å². The van der Waals surface area contributed by atoms with Crippen LogP contribution in [0.4, 0.5) is 0 Å². The number of ether oxygens (including phenoxy) is 1. The zero-order valence-corrected chi connectivity index (χ0v) is 12.2. The molecular formula is C13H24Cl2O2. The van der Waals surface area contributed by atoms with Gasteiger partial charge in [0.25, 0.3) is 0 Å². The largest absolute Gasteiger partial charge is 0.469 e. The fraction of sp³-hybridized carbons (Fsp3) is 0.923. The van der Waals surface area contributed by atoms with Gasteiger partial charge in [0.05, 0.1) is 7.11 Å². The van der Waals surface area contributed by atoms with Gasteiger partial charge >= 0.3 is 5.97 Å². The highest BCUT2D eigenvalue weighted by Gasteiger charge is 2.00. The van der Waals surface area contributed by atoms with Crippen molar-refractivity contribution in [1.82, 2.24) is 0 Å². The summed E-state index contributed by atoms with van der Waals surface area (Å²) in [7, 11) is 1.44. The van der Waals surface area contributed by atoms with Crippen LogP contribution in [0.2, 0.25) is 0 Å². The van der Waals surface area contributed by atoms with Crippen molar-refractivity contribution in [3.05, 3.63) is 0 Å². The molecule has 0 N–H and O–H groups in total. The normalized spacial score (nSPS) is 10.8. The van der Waals surface area contributed by atoms with E-state index in [-0.39, 0.29) is 10.8 Å². The first-order valence-electron chi connectivity index (χ1n) is 6.51. The summed E-state index contributed by atoms with van der Waals surface area (Å²) in [4.78, 5) is 10.6. The quantitative estimate of drug-likeness (QED) is 0.307. The van der Waals surface area contributed by atoms with E-state index in [4.69, 9.17) is 23.2 Å². The smallest absolute Gasteiger partial charge is 0.305 e. The van der Waals surface area contributed by atoms with Crippen LogP contribution in [-0.4, -0.2) is 17.9 Å². The summed E-state index contributed by atoms with van der Waals surface area (Å²) in [5, 5.41) is 0. The van der Waals surface area contributed by atoms with Crippen LogP contribution in [0.15, 0.2) is 0 Å². The molecule has 0 saturated heterocycles. The molecule has 17 heavy (non-hydrogen) atoms. The summed E-state index contributed by atoms with van der Waals surface area (Å²) in [5.41, 5.74) is 0. The molecule has 0 aliphatic carbocycles. The van der Waals surface area contributed by atoms with Crippen molar-refractivity contribution in [1.29, 1.82) is 0 Å². The van der Waals surface area contributed by atoms with Crippen molar-refractivity contribution in [2.45, 2.75) is 69.0 Å². The average Bonchev–Trinajstić information content (AvgIpc) is 2.30. The molecule has 0 fully saturated rings. The Hall–Kier alpha value is 0.0500. The van der Waals surface area contributed by atoms with Crippen LogP contribution in [0.3, 0.4) is 0 Å². The van der Waals surface area contributed by atoms with E-state index >= 15 is 0 Å². The van der Waals surface area contributed by atoms with E-state index in [2.05, 4.69) is 4.74 Å². The van der Waals surface area contributed by atoms with Crippen LogP contribution < -0.4 is 0 Å². The van der Waals surface area contributed by atoms with Gasteiger partial charge in [0.1, 0.15) is 4.84 Å². The van der Waals surface area contributed by atoms with Gasteiger partial charge in [-0.1, -0.05) is 44.9 Å². The van der Waals surface area contributed by atoms with E-state index in [9.17, 15) is 4.79 Å². The molecule has 0 rings (SSSR count). The lowest BCUT2D eigenvalue weighted by Gasteiger charge is -2.03. The van der Waals surface area contributed by atoms with Crippen LogP contribution in [0.25, 0.3) is 0 Å². The zero-order valence-electron chi connectivity index (χ0n) is 10.7. The van der Waals surface area contributed by atoms with Crippen molar-refractivity contribution in [3.63, 3.8) is 0 Å². The third-order valence-electron chi connectivity index (χ3n) is 2.78. The van der Waals surface area contributed by atoms with Gasteiger partial charge in [0.15, 0.2) is 0 Å². The zero-order chi connectivity index (χ0) is 12.9. The first kappa shape index (κ1) is 17.1. The highest BCUT2D eigenvalue weighted by atomic mass is 35.5. The molecule has 0 atom stereocenters. The van der Waals surface area contributed by atoms with Crippen LogP contribution >= 0.6 is 23.2 Å². The number of hydrogen-bond acceptors (Lipinski definition) is 2. The van der Waals surface area contributed by atoms with Crippen molar-refractivity contribution < 1.29 is 9.53 Å². The monoisotopic (exact) mass is 282 g/mol. The molecule has 0 aliphatic rings. The first-order valence-corrected chi connectivity index (χ1v) is 7.39. The second-order valence-electron chi connectivity index (χ2n) is 4.33. The fourth-order valence-electron chi connectivity index (χ4n) is 1.73. The predicted molar refractivity (Wildman–Crippen MR) is 73.7 cm³/mol. The van der Waals surface area contributed by atoms with Gasteiger partial charge < -0.3 is 4.74 Å². The third kappa shape index (κ3) is 14.0. The van der Waals surface area contributed by atoms with Crippen molar-refractivity contribution in [2.24, 2.45) is 0 Å². The van der Waals surface area contributed by atoms with Crippen molar-refractivity contribution in [3.8, 4) is 0 Å². The minimum Gasteiger partial charge on any atom is -0.469 e. The molecule has 0 saturated carbocycles. The Balaban J connectivity index is 3.01. The van der Waals surface area contributed by atoms with E-state index in [1.807, 2.05) is 0 Å². The molecule has 0 amide bonds. The first-order chi connectivity index (χ1) is 8.16. The maximum absolute atomic E-state index is 10.8. The minimum absolute atomic E-state index is 0.0956. The average molecular weight is 283 g/mol. The Morgan fingerprint density at radius 1 is 0.941 bits per heavy atom. The van der Waals surface area contributed by atoms with E-state index in [0.29, 0.717) is 6.42 Å². The molecule has 0 heterocycles. The Labute approximate surface area is 115 Å². The second kappa shape index (κ2) is 12.5. The molecule has 0 spiro atoms. The molecule has 0 bridgehead atoms. The van der Waals surface area contributed by atoms with E-state index in [1.165, 1.54) is 39.2 Å². The van der Waals surface area contributed by atoms with Gasteiger partial charge in [0.2, 0.25) is 0 Å². The van der Waals surface area contributed by atoms with Gasteiger partial charge in [0, 0.05) is 6.42 Å². The van der Waals surface area contributed by atoms with Gasteiger partial charge in [-0.05, 0) is 12.8 Å². The van der Waals surface area contributed by atoms with Crippen LogP contribution in [-0.2, 0) is 9.53 Å². The van der Waals surface area contributed by atoms with E-state index < -0.39 is 0 Å². The standard InChI is InChI=1S/C13H24Cl2O2/c1-17-13(16)11-9-7-5-3-2-4-6-8-10-12(14)15/h12H,2-11H2,1H3. The van der Waals surface area contributed by atoms with Crippen molar-refractivity contribution >= 4 is 29.2 Å². The lowest BCUT2D eigenvalue weighted by Crippen LogP contribution is -1.99. The fourth-order valence-corrected chi connectivity index (χ4v) is 2.04. The summed E-state index contributed by atoms with van der Waals surface area (Å²) >= 11 is 11.3. The molecule has 2 nitrogen and oxygen atoms in total. The van der Waals surface area contributed by atoms with Gasteiger partial charge in [-0.25, -0.2) is 0 Å². The number of unbranched alkanes of at least 4 members (excludes halogenated alkanes) is 7. The minimum atomic E-state index is -0.201. The van der Waals surface area contributed by atoms with Gasteiger partial charge in [-0.3, -0.25) is 4.79 Å². The maximum atomic E-state index is 10.8. The summed E-state index contributed by atoms with van der Waals surface area (Å²) in [5.74, 6) is -0.0956. The summed E-state index contributed by atoms with van der Waals surface area (Å²) < 4.78 is 4.58. The molecule has 0 aromatic rings. The molecule has 4 heteroatoms. The summed E-state index contributed by atoms with van der Waals surface area (Å²) in [6, 6.07) is 0. The second-order valence-corrected chi connectivity index (χ2v) is 5.61. The Kier molecular flexibility index (Phi) is 12.5. The number of alkyl halides is 2. The van der Waals surface area contributed by atoms with Crippen LogP contribution in [0.5, 0.6) is 0 Å². The molecule has 0 unspecified atom stereocenters. The molecule has 0 aromatic heterocycles. The molecule has 0 aromatic carbocycles. The number of rotatable bonds is 11. The number of carbonyl (C=O) groups excluding carboxylic acids is 1. The topological polar surface area (TPSA) is 26.3 Å². The number of halogens is 2. The van der Waals surface area contributed by atoms with Crippen LogP contribution in [0.1, 0.15) is 64.2 Å². The molecular weight excluding hydrogens is 259 g/mol. The van der Waals surface area contributed by atoms with E-state index in [0.717, 1.165) is 25.7 Å². The number of esters is 1. The summed E-state index contributed by atoms with van der Waals surface area (Å²) in [6.45, 7) is 0. The maximum Gasteiger partial charge on any atom is 0.305 e. The third-order valence-corrected chi connectivity index (χ3v) is 3.22. The Bertz CT molecular complexity index is 184. The van der Waals surface area contributed by atoms with Crippen molar-refractivity contribution in [2.75, 3.05) is 7.11 Å². The van der Waals surface area contributed by atoms with Gasteiger partial charge in [-0.2, -0.15) is 0 Å². The van der Waals surface area contributed by atoms with Gasteiger partial charge in [-0.15, -0.1) is 23.2 Å². The lowest BCUT2D eigenvalue weighted by molar-refractivity contribution is -0.140. The number of methoxy groups -OCH3 is 1. The number of carbonyl (C=O) groups is 1. The molecule has 0 radical (unpaired) electrons. The molecule has 0 aliphatic heterocycles. The Morgan fingerprint density at radius 3 is 1.88 bits per heavy atom. The summed E-state index contributed by atoms with van der Waals surface area (Å²) in [6.07, 6.45) is 10.9. The number of hydrogen-bond donors (Lipinski definition) is 0. The Morgan fingerprint density at radius 2 is 1.41 bits per heavy atom. The molecule has 102 valence electrons. The lowest BCUT2D eigenvalue weighted by atomic mass is 10.1. The SMILES string of the molecule is COC(=O)CCCCCCCCCCC(Cl)Cl. The highest BCUT2D eigenvalue weighted by Crippen LogP contribution is 2.15.